The molecule has 0 aromatic carbocycles. The van der Waals surface area contributed by atoms with Crippen LogP contribution in [0.25, 0.3) is 0 Å². The van der Waals surface area contributed by atoms with Crippen LogP contribution in [-0.2, 0) is 4.74 Å². The molecule has 3 heteroatoms. The smallest absolute Gasteiger partial charge is 0.0960 e. The molecule has 3 nitrogen and oxygen atoms in total. The number of nitrogens with zero attached hydrogens (tertiary/aromatic N) is 1. The van der Waals surface area contributed by atoms with Gasteiger partial charge in [0.1, 0.15) is 0 Å². The Morgan fingerprint density at radius 1 is 1.58 bits per heavy atom. The number of ether oxygens (including phenoxy) is 1. The molecule has 1 saturated heterocycles. The summed E-state index contributed by atoms with van der Waals surface area (Å²) in [7, 11) is 2.07. The zero-order valence-electron chi connectivity index (χ0n) is 7.99. The van der Waals surface area contributed by atoms with Gasteiger partial charge in [0, 0.05) is 13.2 Å². The summed E-state index contributed by atoms with van der Waals surface area (Å²) in [4.78, 5) is 2.22. The number of hydrogen-bond acceptors (Lipinski definition) is 3. The van der Waals surface area contributed by atoms with Crippen LogP contribution in [0.3, 0.4) is 0 Å². The topological polar surface area (TPSA) is 32.7 Å². The number of likely N-dealkylation sites (tertiary alicyclic amines) is 1. The van der Waals surface area contributed by atoms with Gasteiger partial charge in [-0.1, -0.05) is 0 Å². The highest BCUT2D eigenvalue weighted by molar-refractivity contribution is 4.76. The second kappa shape index (κ2) is 4.80. The quantitative estimate of drug-likeness (QED) is 0.659. The maximum Gasteiger partial charge on any atom is 0.0960 e. The second-order valence-corrected chi connectivity index (χ2v) is 3.47. The SMILES string of the molecule is CCO[C@H]1CN(C)CCC[C@@H]1O. The minimum atomic E-state index is -0.269. The Morgan fingerprint density at radius 3 is 3.00 bits per heavy atom. The van der Waals surface area contributed by atoms with Gasteiger partial charge in [0.15, 0.2) is 0 Å². The van der Waals surface area contributed by atoms with Crippen molar-refractivity contribution in [3.63, 3.8) is 0 Å². The summed E-state index contributed by atoms with van der Waals surface area (Å²) in [6.07, 6.45) is 1.69. The molecule has 0 spiro atoms. The largest absolute Gasteiger partial charge is 0.390 e. The van der Waals surface area contributed by atoms with Crippen molar-refractivity contribution < 1.29 is 9.84 Å². The zero-order chi connectivity index (χ0) is 8.97. The average Bonchev–Trinajstić information content (AvgIpc) is 2.16. The second-order valence-electron chi connectivity index (χ2n) is 3.47. The Bertz CT molecular complexity index is 130. The Hall–Kier alpha value is -0.120. The van der Waals surface area contributed by atoms with Crippen LogP contribution in [0.4, 0.5) is 0 Å². The lowest BCUT2D eigenvalue weighted by Crippen LogP contribution is -2.36. The average molecular weight is 173 g/mol. The summed E-state index contributed by atoms with van der Waals surface area (Å²) in [6.45, 7) is 4.59. The summed E-state index contributed by atoms with van der Waals surface area (Å²) in [6, 6.07) is 0. The molecule has 1 aliphatic rings. The predicted molar refractivity (Wildman–Crippen MR) is 48.2 cm³/mol. The van der Waals surface area contributed by atoms with Gasteiger partial charge in [-0.15, -0.1) is 0 Å². The van der Waals surface area contributed by atoms with Crippen LogP contribution >= 0.6 is 0 Å². The molecule has 72 valence electrons. The lowest BCUT2D eigenvalue weighted by Gasteiger charge is -2.22. The summed E-state index contributed by atoms with van der Waals surface area (Å²) < 4.78 is 5.45. The zero-order valence-corrected chi connectivity index (χ0v) is 7.99. The van der Waals surface area contributed by atoms with Crippen molar-refractivity contribution in [2.24, 2.45) is 0 Å². The fourth-order valence-corrected chi connectivity index (χ4v) is 1.65. The minimum absolute atomic E-state index is 0.0162. The Morgan fingerprint density at radius 2 is 2.33 bits per heavy atom. The van der Waals surface area contributed by atoms with E-state index in [0.29, 0.717) is 6.61 Å². The van der Waals surface area contributed by atoms with E-state index in [1.54, 1.807) is 0 Å². The van der Waals surface area contributed by atoms with E-state index in [9.17, 15) is 5.11 Å². The first kappa shape index (κ1) is 9.96. The molecule has 1 fully saturated rings. The van der Waals surface area contributed by atoms with Crippen LogP contribution < -0.4 is 0 Å². The van der Waals surface area contributed by atoms with E-state index in [-0.39, 0.29) is 12.2 Å². The molecule has 1 heterocycles. The fraction of sp³-hybridized carbons (Fsp3) is 1.00. The molecule has 2 atom stereocenters. The van der Waals surface area contributed by atoms with Crippen molar-refractivity contribution in [3.8, 4) is 0 Å². The van der Waals surface area contributed by atoms with Gasteiger partial charge < -0.3 is 14.7 Å². The van der Waals surface area contributed by atoms with E-state index in [0.717, 1.165) is 25.9 Å². The van der Waals surface area contributed by atoms with Crippen LogP contribution in [0.1, 0.15) is 19.8 Å². The van der Waals surface area contributed by atoms with Gasteiger partial charge in [0.05, 0.1) is 12.2 Å². The first-order valence-corrected chi connectivity index (χ1v) is 4.72. The van der Waals surface area contributed by atoms with Gasteiger partial charge in [-0.25, -0.2) is 0 Å². The highest BCUT2D eigenvalue weighted by Gasteiger charge is 2.23. The third kappa shape index (κ3) is 2.73. The van der Waals surface area contributed by atoms with Gasteiger partial charge in [-0.3, -0.25) is 0 Å². The van der Waals surface area contributed by atoms with Crippen LogP contribution in [0, 0.1) is 0 Å². The van der Waals surface area contributed by atoms with Crippen LogP contribution in [0.5, 0.6) is 0 Å². The molecule has 12 heavy (non-hydrogen) atoms. The highest BCUT2D eigenvalue weighted by Crippen LogP contribution is 2.12. The number of aliphatic hydroxyl groups excluding tert-OH is 1. The Labute approximate surface area is 74.3 Å². The van der Waals surface area contributed by atoms with Gasteiger partial charge in [0.2, 0.25) is 0 Å². The van der Waals surface area contributed by atoms with Crippen molar-refractivity contribution in [1.82, 2.24) is 4.90 Å². The number of aliphatic hydroxyl groups is 1. The number of likely N-dealkylation sites (N-methyl/N-ethyl adjacent to an activating group) is 1. The molecule has 0 aliphatic carbocycles. The molecular weight excluding hydrogens is 154 g/mol. The van der Waals surface area contributed by atoms with Crippen LogP contribution in [0.15, 0.2) is 0 Å². The maximum absolute atomic E-state index is 9.65. The third-order valence-electron chi connectivity index (χ3n) is 2.34. The van der Waals surface area contributed by atoms with Crippen molar-refractivity contribution in [2.75, 3.05) is 26.7 Å². The molecule has 0 amide bonds. The number of rotatable bonds is 2. The van der Waals surface area contributed by atoms with Gasteiger partial charge >= 0.3 is 0 Å². The van der Waals surface area contributed by atoms with Crippen LogP contribution in [-0.4, -0.2) is 49.0 Å². The van der Waals surface area contributed by atoms with E-state index in [4.69, 9.17) is 4.74 Å². The molecule has 0 aromatic heterocycles. The summed E-state index contributed by atoms with van der Waals surface area (Å²) in [5, 5.41) is 9.65. The van der Waals surface area contributed by atoms with E-state index < -0.39 is 0 Å². The molecule has 0 unspecified atom stereocenters. The molecule has 1 aliphatic heterocycles. The summed E-state index contributed by atoms with van der Waals surface area (Å²) in [5.74, 6) is 0. The molecular formula is C9H19NO2. The molecule has 1 rings (SSSR count). The minimum Gasteiger partial charge on any atom is -0.390 e. The first-order valence-electron chi connectivity index (χ1n) is 4.72. The summed E-state index contributed by atoms with van der Waals surface area (Å²) >= 11 is 0. The first-order chi connectivity index (χ1) is 5.74. The lowest BCUT2D eigenvalue weighted by molar-refractivity contribution is -0.0384. The van der Waals surface area contributed by atoms with Gasteiger partial charge in [-0.2, -0.15) is 0 Å². The van der Waals surface area contributed by atoms with Crippen molar-refractivity contribution >= 4 is 0 Å². The van der Waals surface area contributed by atoms with E-state index >= 15 is 0 Å². The Balaban J connectivity index is 2.42. The predicted octanol–water partition coefficient (Wildman–Crippen LogP) is 0.478. The normalized spacial score (nSPS) is 33.2. The molecule has 0 aromatic rings. The van der Waals surface area contributed by atoms with E-state index in [1.165, 1.54) is 0 Å². The fourth-order valence-electron chi connectivity index (χ4n) is 1.65. The van der Waals surface area contributed by atoms with Crippen LogP contribution in [0.2, 0.25) is 0 Å². The molecule has 0 bridgehead atoms. The molecule has 0 radical (unpaired) electrons. The van der Waals surface area contributed by atoms with Crippen molar-refractivity contribution in [1.29, 1.82) is 0 Å². The molecule has 1 N–H and O–H groups in total. The van der Waals surface area contributed by atoms with Crippen molar-refractivity contribution in [3.05, 3.63) is 0 Å². The van der Waals surface area contributed by atoms with E-state index in [2.05, 4.69) is 11.9 Å². The summed E-state index contributed by atoms with van der Waals surface area (Å²) in [5.41, 5.74) is 0. The third-order valence-corrected chi connectivity index (χ3v) is 2.34. The standard InChI is InChI=1S/C9H19NO2/c1-3-12-9-7-10(2)6-4-5-8(9)11/h8-9,11H,3-7H2,1-2H3/t8-,9-/m0/s1. The number of hydrogen-bond donors (Lipinski definition) is 1. The lowest BCUT2D eigenvalue weighted by atomic mass is 10.1. The maximum atomic E-state index is 9.65. The Kier molecular flexibility index (Phi) is 3.98. The van der Waals surface area contributed by atoms with Crippen molar-refractivity contribution in [2.45, 2.75) is 32.0 Å². The van der Waals surface area contributed by atoms with Gasteiger partial charge in [-0.05, 0) is 33.4 Å². The van der Waals surface area contributed by atoms with Gasteiger partial charge in [0.25, 0.3) is 0 Å². The monoisotopic (exact) mass is 173 g/mol. The highest BCUT2D eigenvalue weighted by atomic mass is 16.5. The van der Waals surface area contributed by atoms with E-state index in [1.807, 2.05) is 6.92 Å². The molecule has 0 saturated carbocycles.